The summed E-state index contributed by atoms with van der Waals surface area (Å²) in [6, 6.07) is 13.5. The number of para-hydroxylation sites is 1. The van der Waals surface area contributed by atoms with Gasteiger partial charge in [-0.05, 0) is 48.9 Å². The molecule has 1 unspecified atom stereocenters. The molecule has 3 aromatic rings. The molecule has 2 aromatic carbocycles. The van der Waals surface area contributed by atoms with Crippen LogP contribution in [0.2, 0.25) is 0 Å². The Bertz CT molecular complexity index is 1100. The van der Waals surface area contributed by atoms with Crippen molar-refractivity contribution < 1.29 is 24.0 Å². The van der Waals surface area contributed by atoms with Gasteiger partial charge in [-0.3, -0.25) is 4.79 Å². The maximum atomic E-state index is 12.7. The normalized spacial score (nSPS) is 17.5. The zero-order valence-electron chi connectivity index (χ0n) is 17.3. The number of hydrogen-bond acceptors (Lipinski definition) is 5. The van der Waals surface area contributed by atoms with Crippen molar-refractivity contribution in [3.05, 3.63) is 65.4 Å². The highest BCUT2D eigenvalue weighted by atomic mass is 16.5. The van der Waals surface area contributed by atoms with Gasteiger partial charge in [0.15, 0.2) is 0 Å². The van der Waals surface area contributed by atoms with Gasteiger partial charge in [-0.2, -0.15) is 0 Å². The number of fused-ring (bicyclic) bond motifs is 3. The molecule has 1 aliphatic heterocycles. The summed E-state index contributed by atoms with van der Waals surface area (Å²) in [4.78, 5) is 12.7. The first-order chi connectivity index (χ1) is 15.0. The Morgan fingerprint density at radius 3 is 2.77 bits per heavy atom. The monoisotopic (exact) mass is 419 g/mol. The SMILES string of the molecule is O=C(Cc1ccc2c(c1)C1(CCC1)CCO2)NC(Cc1coc2ccccc12)B(O)O. The lowest BCUT2D eigenvalue weighted by molar-refractivity contribution is -0.120. The Balaban J connectivity index is 1.29. The topological polar surface area (TPSA) is 91.9 Å². The van der Waals surface area contributed by atoms with E-state index in [9.17, 15) is 14.8 Å². The molecule has 31 heavy (non-hydrogen) atoms. The summed E-state index contributed by atoms with van der Waals surface area (Å²) in [5.74, 6) is -0.136. The van der Waals surface area contributed by atoms with Crippen molar-refractivity contribution >= 4 is 24.0 Å². The van der Waals surface area contributed by atoms with Gasteiger partial charge < -0.3 is 24.5 Å². The molecule has 0 bridgehead atoms. The molecule has 6 nitrogen and oxygen atoms in total. The largest absolute Gasteiger partial charge is 0.493 e. The van der Waals surface area contributed by atoms with Crippen LogP contribution in [0.4, 0.5) is 0 Å². The third-order valence-corrected chi connectivity index (χ3v) is 6.84. The van der Waals surface area contributed by atoms with E-state index in [4.69, 9.17) is 9.15 Å². The van der Waals surface area contributed by atoms with Crippen LogP contribution in [0.1, 0.15) is 42.4 Å². The van der Waals surface area contributed by atoms with Gasteiger partial charge in [-0.15, -0.1) is 0 Å². The first kappa shape index (κ1) is 20.2. The van der Waals surface area contributed by atoms with Crippen LogP contribution in [-0.2, 0) is 23.1 Å². The molecule has 1 atom stereocenters. The fourth-order valence-corrected chi connectivity index (χ4v) is 4.94. The number of carbonyl (C=O) groups is 1. The number of rotatable bonds is 6. The van der Waals surface area contributed by atoms with E-state index in [1.54, 1.807) is 6.26 Å². The summed E-state index contributed by atoms with van der Waals surface area (Å²) < 4.78 is 11.4. The molecule has 160 valence electrons. The van der Waals surface area contributed by atoms with Gasteiger partial charge in [-0.1, -0.05) is 36.8 Å². The molecule has 1 amide bonds. The summed E-state index contributed by atoms with van der Waals surface area (Å²) in [6.07, 6.45) is 6.68. The van der Waals surface area contributed by atoms with Gasteiger partial charge in [0, 0.05) is 16.4 Å². The molecular weight excluding hydrogens is 393 g/mol. The average Bonchev–Trinajstić information content (AvgIpc) is 3.14. The zero-order chi connectivity index (χ0) is 21.4. The smallest absolute Gasteiger partial charge is 0.475 e. The molecular formula is C24H26BNO5. The highest BCUT2D eigenvalue weighted by molar-refractivity contribution is 6.43. The van der Waals surface area contributed by atoms with Crippen molar-refractivity contribution in [2.24, 2.45) is 0 Å². The number of ether oxygens (including phenoxy) is 1. The third-order valence-electron chi connectivity index (χ3n) is 6.84. The Labute approximate surface area is 181 Å². The van der Waals surface area contributed by atoms with Gasteiger partial charge in [0.2, 0.25) is 5.91 Å². The molecule has 1 aliphatic carbocycles. The fraction of sp³-hybridized carbons (Fsp3) is 0.375. The van der Waals surface area contributed by atoms with Gasteiger partial charge in [0.05, 0.1) is 25.2 Å². The van der Waals surface area contributed by atoms with E-state index in [1.165, 1.54) is 24.8 Å². The molecule has 1 spiro atoms. The van der Waals surface area contributed by atoms with Crippen LogP contribution in [0.25, 0.3) is 11.0 Å². The first-order valence-electron chi connectivity index (χ1n) is 10.9. The molecule has 1 saturated carbocycles. The lowest BCUT2D eigenvalue weighted by Gasteiger charge is -2.46. The number of benzene rings is 2. The minimum atomic E-state index is -1.67. The highest BCUT2D eigenvalue weighted by Crippen LogP contribution is 2.51. The summed E-state index contributed by atoms with van der Waals surface area (Å²) in [7, 11) is -1.67. The molecule has 2 aliphatic rings. The number of furan rings is 1. The number of nitrogens with one attached hydrogen (secondary N) is 1. The summed E-state index contributed by atoms with van der Waals surface area (Å²) >= 11 is 0. The first-order valence-corrected chi connectivity index (χ1v) is 10.9. The standard InChI is InChI=1S/C24H26BNO5/c27-23(13-16-6-7-21-19(12-16)24(8-3-9-24)10-11-30-21)26-22(25(28)29)14-17-15-31-20-5-2-1-4-18(17)20/h1-2,4-7,12,15,22,28-29H,3,8-11,13-14H2,(H,26,27). The van der Waals surface area contributed by atoms with E-state index in [0.717, 1.165) is 40.9 Å². The van der Waals surface area contributed by atoms with Crippen LogP contribution in [0.3, 0.4) is 0 Å². The van der Waals surface area contributed by atoms with Gasteiger partial charge in [0.25, 0.3) is 0 Å². The number of hydrogen-bond donors (Lipinski definition) is 3. The minimum absolute atomic E-state index is 0.179. The Hall–Kier alpha value is -2.77. The second-order valence-corrected chi connectivity index (χ2v) is 8.79. The van der Waals surface area contributed by atoms with E-state index < -0.39 is 13.1 Å². The van der Waals surface area contributed by atoms with Crippen molar-refractivity contribution in [3.8, 4) is 5.75 Å². The zero-order valence-corrected chi connectivity index (χ0v) is 17.3. The Morgan fingerprint density at radius 1 is 1.16 bits per heavy atom. The Morgan fingerprint density at radius 2 is 2.00 bits per heavy atom. The molecule has 3 N–H and O–H groups in total. The van der Waals surface area contributed by atoms with Gasteiger partial charge in [0.1, 0.15) is 11.3 Å². The predicted molar refractivity (Wildman–Crippen MR) is 118 cm³/mol. The van der Waals surface area contributed by atoms with E-state index in [0.29, 0.717) is 0 Å². The summed E-state index contributed by atoms with van der Waals surface area (Å²) in [5, 5.41) is 23.4. The quantitative estimate of drug-likeness (QED) is 0.535. The Kier molecular flexibility index (Phi) is 5.24. The molecule has 1 fully saturated rings. The van der Waals surface area contributed by atoms with Gasteiger partial charge in [-0.25, -0.2) is 0 Å². The second-order valence-electron chi connectivity index (χ2n) is 8.79. The molecule has 7 heteroatoms. The van der Waals surface area contributed by atoms with Crippen LogP contribution < -0.4 is 10.1 Å². The molecule has 1 aromatic heterocycles. The minimum Gasteiger partial charge on any atom is -0.493 e. The molecule has 5 rings (SSSR count). The van der Waals surface area contributed by atoms with Crippen LogP contribution >= 0.6 is 0 Å². The summed E-state index contributed by atoms with van der Waals surface area (Å²) in [6.45, 7) is 0.756. The third kappa shape index (κ3) is 3.84. The fourth-order valence-electron chi connectivity index (χ4n) is 4.94. The van der Waals surface area contributed by atoms with Crippen molar-refractivity contribution in [1.29, 1.82) is 0 Å². The number of carbonyl (C=O) groups excluding carboxylic acids is 1. The average molecular weight is 419 g/mol. The molecule has 2 heterocycles. The van der Waals surface area contributed by atoms with E-state index in [2.05, 4.69) is 11.4 Å². The maximum absolute atomic E-state index is 12.7. The summed E-state index contributed by atoms with van der Waals surface area (Å²) in [5.41, 5.74) is 3.90. The van der Waals surface area contributed by atoms with Crippen LogP contribution in [0.15, 0.2) is 53.1 Å². The lowest BCUT2D eigenvalue weighted by Crippen LogP contribution is -2.48. The van der Waals surface area contributed by atoms with E-state index in [1.807, 2.05) is 36.4 Å². The van der Waals surface area contributed by atoms with Crippen molar-refractivity contribution in [2.45, 2.75) is 49.9 Å². The molecule has 0 saturated heterocycles. The molecule has 0 radical (unpaired) electrons. The lowest BCUT2D eigenvalue weighted by atomic mass is 9.61. The second kappa shape index (κ2) is 8.06. The van der Waals surface area contributed by atoms with Crippen LogP contribution in [-0.4, -0.2) is 35.6 Å². The number of amides is 1. The van der Waals surface area contributed by atoms with Gasteiger partial charge >= 0.3 is 7.12 Å². The van der Waals surface area contributed by atoms with Crippen molar-refractivity contribution in [3.63, 3.8) is 0 Å². The van der Waals surface area contributed by atoms with Crippen molar-refractivity contribution in [2.75, 3.05) is 6.61 Å². The van der Waals surface area contributed by atoms with Crippen LogP contribution in [0.5, 0.6) is 5.75 Å². The van der Waals surface area contributed by atoms with Crippen LogP contribution in [0, 0.1) is 0 Å². The highest BCUT2D eigenvalue weighted by Gasteiger charge is 2.42. The predicted octanol–water partition coefficient (Wildman–Crippen LogP) is 2.92. The van der Waals surface area contributed by atoms with Crippen molar-refractivity contribution in [1.82, 2.24) is 5.32 Å². The van der Waals surface area contributed by atoms with E-state index >= 15 is 0 Å². The maximum Gasteiger partial charge on any atom is 0.475 e. The van der Waals surface area contributed by atoms with E-state index in [-0.39, 0.29) is 24.2 Å².